The van der Waals surface area contributed by atoms with Crippen LogP contribution in [0.5, 0.6) is 0 Å². The Morgan fingerprint density at radius 3 is 1.46 bits per heavy atom. The number of benzene rings is 8. The minimum atomic E-state index is -0.478. The van der Waals surface area contributed by atoms with Crippen LogP contribution in [-0.4, -0.2) is 15.0 Å². The van der Waals surface area contributed by atoms with Gasteiger partial charge in [0.15, 0.2) is 17.5 Å². The molecule has 0 atom stereocenters. The highest BCUT2D eigenvalue weighted by Crippen LogP contribution is 2.43. The molecule has 0 radical (unpaired) electrons. The summed E-state index contributed by atoms with van der Waals surface area (Å²) in [6, 6.07) is 55.1. The van der Waals surface area contributed by atoms with Gasteiger partial charge in [-0.2, -0.15) is 0 Å². The van der Waals surface area contributed by atoms with Gasteiger partial charge in [0.2, 0.25) is 0 Å². The van der Waals surface area contributed by atoms with E-state index >= 15 is 0 Å². The Hall–Kier alpha value is -7.63. The van der Waals surface area contributed by atoms with Crippen LogP contribution in [0.15, 0.2) is 211 Å². The van der Waals surface area contributed by atoms with Crippen LogP contribution in [0.2, 0.25) is 0 Å². The maximum Gasteiger partial charge on any atom is 0.164 e. The molecule has 5 heteroatoms. The second-order valence-corrected chi connectivity index (χ2v) is 13.3. The molecule has 264 valence electrons. The van der Waals surface area contributed by atoms with Crippen molar-refractivity contribution in [2.24, 2.45) is 0 Å². The van der Waals surface area contributed by atoms with E-state index in [0.29, 0.717) is 45.6 Å². The summed E-state index contributed by atoms with van der Waals surface area (Å²) in [5, 5.41) is 1.61. The molecule has 0 aliphatic rings. The molecule has 0 spiro atoms. The van der Waals surface area contributed by atoms with E-state index in [2.05, 4.69) is 36.4 Å². The van der Waals surface area contributed by atoms with Gasteiger partial charge < -0.3 is 9.32 Å². The molecule has 56 heavy (non-hydrogen) atoms. The number of hydrogen-bond donors (Lipinski definition) is 0. The van der Waals surface area contributed by atoms with Gasteiger partial charge in [-0.05, 0) is 58.6 Å². The molecule has 10 aromatic rings. The van der Waals surface area contributed by atoms with Gasteiger partial charge in [0.25, 0.3) is 0 Å². The fraction of sp³-hybridized carbons (Fsp3) is 0. The van der Waals surface area contributed by atoms with Gasteiger partial charge in [0.05, 0.1) is 12.5 Å². The highest BCUT2D eigenvalue weighted by atomic mass is 16.3. The normalized spacial score (nSPS) is 12.5. The molecule has 0 saturated carbocycles. The highest BCUT2D eigenvalue weighted by molar-refractivity contribution is 6.13. The lowest BCUT2D eigenvalue weighted by atomic mass is 10.00. The predicted molar refractivity (Wildman–Crippen MR) is 229 cm³/mol. The Labute approximate surface area is 331 Å². The van der Waals surface area contributed by atoms with Gasteiger partial charge in [-0.3, -0.25) is 0 Å². The number of aromatic nitrogens is 3. The monoisotopic (exact) mass is 723 g/mol. The summed E-state index contributed by atoms with van der Waals surface area (Å²) >= 11 is 0. The second kappa shape index (κ2) is 14.3. The van der Waals surface area contributed by atoms with Crippen LogP contribution < -0.4 is 4.90 Å². The highest BCUT2D eigenvalue weighted by Gasteiger charge is 2.22. The molecule has 8 aromatic carbocycles. The molecular formula is C51H34N4O. The molecule has 0 bridgehead atoms. The predicted octanol–water partition coefficient (Wildman–Crippen LogP) is 13.6. The van der Waals surface area contributed by atoms with Crippen molar-refractivity contribution in [3.05, 3.63) is 206 Å². The van der Waals surface area contributed by atoms with Crippen LogP contribution in [0.1, 0.15) is 6.85 Å². The van der Waals surface area contributed by atoms with Gasteiger partial charge in [-0.1, -0.05) is 164 Å². The minimum Gasteiger partial charge on any atom is -0.456 e. The number of nitrogens with zero attached hydrogens (tertiary/aromatic N) is 4. The lowest BCUT2D eigenvalue weighted by Crippen LogP contribution is -2.10. The van der Waals surface area contributed by atoms with Crippen LogP contribution in [0.3, 0.4) is 0 Å². The van der Waals surface area contributed by atoms with E-state index < -0.39 is 18.1 Å². The molecule has 0 aliphatic heterocycles. The van der Waals surface area contributed by atoms with Crippen molar-refractivity contribution in [1.82, 2.24) is 15.0 Å². The number of rotatable bonds is 8. The summed E-state index contributed by atoms with van der Waals surface area (Å²) in [4.78, 5) is 16.8. The molecule has 0 unspecified atom stereocenters. The molecular weight excluding hydrogens is 685 g/mol. The number of para-hydroxylation sites is 2. The smallest absolute Gasteiger partial charge is 0.164 e. The average molecular weight is 724 g/mol. The summed E-state index contributed by atoms with van der Waals surface area (Å²) in [5.41, 5.74) is 8.59. The third kappa shape index (κ3) is 6.27. The van der Waals surface area contributed by atoms with Gasteiger partial charge in [0, 0.05) is 44.9 Å². The summed E-state index contributed by atoms with van der Waals surface area (Å²) in [6.07, 6.45) is 0. The van der Waals surface area contributed by atoms with Gasteiger partial charge in [-0.15, -0.1) is 0 Å². The van der Waals surface area contributed by atoms with E-state index in [4.69, 9.17) is 23.5 Å². The van der Waals surface area contributed by atoms with Crippen molar-refractivity contribution in [3.8, 4) is 56.4 Å². The number of hydrogen-bond acceptors (Lipinski definition) is 5. The second-order valence-electron chi connectivity index (χ2n) is 13.3. The van der Waals surface area contributed by atoms with Crippen molar-refractivity contribution >= 4 is 39.0 Å². The first kappa shape index (κ1) is 27.9. The number of anilines is 3. The molecule has 2 heterocycles. The first-order valence-electron chi connectivity index (χ1n) is 20.8. The third-order valence-electron chi connectivity index (χ3n) is 9.82. The maximum atomic E-state index is 9.18. The quantitative estimate of drug-likeness (QED) is 0.156. The molecule has 0 saturated heterocycles. The topological polar surface area (TPSA) is 55.1 Å². The van der Waals surface area contributed by atoms with Crippen LogP contribution in [-0.2, 0) is 0 Å². The fourth-order valence-electron chi connectivity index (χ4n) is 7.13. The minimum absolute atomic E-state index is 0.0158. The Morgan fingerprint density at radius 1 is 0.393 bits per heavy atom. The zero-order valence-electron chi connectivity index (χ0n) is 34.9. The molecule has 0 amide bonds. The zero-order valence-corrected chi connectivity index (χ0v) is 29.9. The summed E-state index contributed by atoms with van der Waals surface area (Å²) in [7, 11) is 0. The Morgan fingerprint density at radius 2 is 0.875 bits per heavy atom. The average Bonchev–Trinajstić information content (AvgIpc) is 3.71. The third-order valence-corrected chi connectivity index (χ3v) is 9.82. The summed E-state index contributed by atoms with van der Waals surface area (Å²) in [6.45, 7) is 0. The molecule has 2 aromatic heterocycles. The van der Waals surface area contributed by atoms with Crippen molar-refractivity contribution in [2.45, 2.75) is 0 Å². The van der Waals surface area contributed by atoms with E-state index in [1.807, 2.05) is 140 Å². The lowest BCUT2D eigenvalue weighted by Gasteiger charge is -2.26. The largest absolute Gasteiger partial charge is 0.456 e. The van der Waals surface area contributed by atoms with Gasteiger partial charge >= 0.3 is 0 Å². The van der Waals surface area contributed by atoms with E-state index in [1.165, 1.54) is 0 Å². The van der Waals surface area contributed by atoms with Crippen molar-refractivity contribution in [2.75, 3.05) is 4.90 Å². The molecule has 10 rings (SSSR count). The van der Waals surface area contributed by atoms with Crippen molar-refractivity contribution < 1.29 is 11.3 Å². The van der Waals surface area contributed by atoms with Gasteiger partial charge in [-0.25, -0.2) is 15.0 Å². The fourth-order valence-corrected chi connectivity index (χ4v) is 7.13. The van der Waals surface area contributed by atoms with Gasteiger partial charge in [0.1, 0.15) is 11.2 Å². The first-order valence-corrected chi connectivity index (χ1v) is 18.3. The van der Waals surface area contributed by atoms with Crippen LogP contribution in [0.4, 0.5) is 17.1 Å². The summed E-state index contributed by atoms with van der Waals surface area (Å²) in [5.74, 6) is 1.33. The van der Waals surface area contributed by atoms with Crippen LogP contribution in [0.25, 0.3) is 78.4 Å². The van der Waals surface area contributed by atoms with E-state index in [-0.39, 0.29) is 17.8 Å². The Balaban J connectivity index is 1.20. The zero-order chi connectivity index (χ0) is 41.6. The van der Waals surface area contributed by atoms with E-state index in [0.717, 1.165) is 44.2 Å². The van der Waals surface area contributed by atoms with E-state index in [1.54, 1.807) is 4.90 Å². The number of furan rings is 1. The standard InChI is InChI=1S/C51H34N4O/c1-5-15-35(16-6-1)36-25-27-37(28-26-36)38-29-31-42(32-30-38)55(41-21-11-4-12-22-41)43-33-45(48-44-23-13-14-24-46(44)56-47(48)34-43)51-53-49(39-17-7-2-8-18-39)52-50(54-51)40-19-9-3-10-20-40/h1-34H/i4D,11D,12D,21D,22D. The SMILES string of the molecule is [2H]c1c([2H])c([2H])c(N(c2ccc(-c3ccc(-c4ccccc4)cc3)cc2)c2cc(-c3nc(-c4ccccc4)nc(-c4ccccc4)n3)c3c(c2)oc2ccccc23)c([2H])c1[2H]. The molecule has 0 N–H and O–H groups in total. The molecule has 0 aliphatic carbocycles. The van der Waals surface area contributed by atoms with Crippen LogP contribution in [0, 0.1) is 0 Å². The Bertz CT molecular complexity index is 3150. The number of fused-ring (bicyclic) bond motifs is 3. The van der Waals surface area contributed by atoms with Crippen LogP contribution >= 0.6 is 0 Å². The first-order chi connectivity index (χ1) is 29.8. The molecule has 0 fully saturated rings. The lowest BCUT2D eigenvalue weighted by molar-refractivity contribution is 0.669. The van der Waals surface area contributed by atoms with Crippen molar-refractivity contribution in [1.29, 1.82) is 0 Å². The van der Waals surface area contributed by atoms with E-state index in [9.17, 15) is 2.74 Å². The molecule has 5 nitrogen and oxygen atoms in total. The van der Waals surface area contributed by atoms with Crippen molar-refractivity contribution in [3.63, 3.8) is 0 Å². The maximum absolute atomic E-state index is 9.18. The Kier molecular flexibility index (Phi) is 7.13. The summed E-state index contributed by atoms with van der Waals surface area (Å²) < 4.78 is 50.7.